The van der Waals surface area contributed by atoms with Gasteiger partial charge in [-0.05, 0) is 39.5 Å². The van der Waals surface area contributed by atoms with Crippen molar-refractivity contribution in [2.45, 2.75) is 52.2 Å². The van der Waals surface area contributed by atoms with E-state index in [2.05, 4.69) is 0 Å². The average molecular weight is 243 g/mol. The molecule has 1 rings (SSSR count). The highest BCUT2D eigenvalue weighted by Gasteiger charge is 2.38. The van der Waals surface area contributed by atoms with E-state index in [9.17, 15) is 14.7 Å². The third kappa shape index (κ3) is 3.61. The quantitative estimate of drug-likeness (QED) is 0.766. The Bertz CT molecular complexity index is 308. The van der Waals surface area contributed by atoms with Gasteiger partial charge in [-0.3, -0.25) is 4.90 Å². The van der Waals surface area contributed by atoms with E-state index in [4.69, 9.17) is 4.74 Å². The summed E-state index contributed by atoms with van der Waals surface area (Å²) in [5, 5.41) is 9.18. The van der Waals surface area contributed by atoms with Crippen LogP contribution in [0, 0.1) is 5.92 Å². The van der Waals surface area contributed by atoms with Crippen LogP contribution < -0.4 is 0 Å². The van der Waals surface area contributed by atoms with Gasteiger partial charge in [0, 0.05) is 6.54 Å². The van der Waals surface area contributed by atoms with E-state index in [-0.39, 0.29) is 5.92 Å². The second kappa shape index (κ2) is 4.94. The summed E-state index contributed by atoms with van der Waals surface area (Å²) in [6.45, 7) is 7.63. The predicted molar refractivity (Wildman–Crippen MR) is 62.8 cm³/mol. The molecule has 0 radical (unpaired) electrons. The SMILES string of the molecule is CC1CCCN(C(=O)OC(C)(C)C)C1C(=O)O. The number of ether oxygens (including phenoxy) is 1. The Morgan fingerprint density at radius 2 is 1.94 bits per heavy atom. The number of carboxylic acid groups (broad SMARTS) is 1. The Kier molecular flexibility index (Phi) is 4.01. The zero-order chi connectivity index (χ0) is 13.2. The lowest BCUT2D eigenvalue weighted by Crippen LogP contribution is -2.53. The molecule has 0 bridgehead atoms. The van der Waals surface area contributed by atoms with Crippen molar-refractivity contribution in [3.8, 4) is 0 Å². The number of aliphatic carboxylic acids is 1. The van der Waals surface area contributed by atoms with E-state index in [1.54, 1.807) is 20.8 Å². The summed E-state index contributed by atoms with van der Waals surface area (Å²) in [5.74, 6) is -0.989. The van der Waals surface area contributed by atoms with E-state index in [0.29, 0.717) is 6.54 Å². The highest BCUT2D eigenvalue weighted by atomic mass is 16.6. The summed E-state index contributed by atoms with van der Waals surface area (Å²) in [6.07, 6.45) is 1.12. The molecule has 5 nitrogen and oxygen atoms in total. The zero-order valence-corrected chi connectivity index (χ0v) is 10.9. The lowest BCUT2D eigenvalue weighted by Gasteiger charge is -2.37. The molecule has 2 atom stereocenters. The molecule has 1 amide bonds. The maximum Gasteiger partial charge on any atom is 0.411 e. The number of carbonyl (C=O) groups excluding carboxylic acids is 1. The summed E-state index contributed by atoms with van der Waals surface area (Å²) in [7, 11) is 0. The summed E-state index contributed by atoms with van der Waals surface area (Å²) >= 11 is 0. The summed E-state index contributed by atoms with van der Waals surface area (Å²) in [4.78, 5) is 24.4. The van der Waals surface area contributed by atoms with Gasteiger partial charge in [-0.15, -0.1) is 0 Å². The molecule has 98 valence electrons. The molecular weight excluding hydrogens is 222 g/mol. The van der Waals surface area contributed by atoms with Crippen LogP contribution in [-0.4, -0.2) is 40.3 Å². The van der Waals surface area contributed by atoms with Crippen molar-refractivity contribution in [3.05, 3.63) is 0 Å². The van der Waals surface area contributed by atoms with Crippen LogP contribution in [0.4, 0.5) is 4.79 Å². The second-order valence-electron chi connectivity index (χ2n) is 5.58. The van der Waals surface area contributed by atoms with Gasteiger partial charge >= 0.3 is 12.1 Å². The number of hydrogen-bond acceptors (Lipinski definition) is 3. The number of piperidine rings is 1. The van der Waals surface area contributed by atoms with Crippen LogP contribution in [0.2, 0.25) is 0 Å². The summed E-state index contributed by atoms with van der Waals surface area (Å²) in [5.41, 5.74) is -0.596. The highest BCUT2D eigenvalue weighted by Crippen LogP contribution is 2.25. The van der Waals surface area contributed by atoms with Gasteiger partial charge in [-0.2, -0.15) is 0 Å². The largest absolute Gasteiger partial charge is 0.480 e. The van der Waals surface area contributed by atoms with Crippen molar-refractivity contribution in [2.24, 2.45) is 5.92 Å². The van der Waals surface area contributed by atoms with E-state index in [0.717, 1.165) is 12.8 Å². The average Bonchev–Trinajstić information content (AvgIpc) is 2.13. The minimum Gasteiger partial charge on any atom is -0.480 e. The Morgan fingerprint density at radius 3 is 2.41 bits per heavy atom. The second-order valence-corrected chi connectivity index (χ2v) is 5.58. The molecule has 0 aromatic carbocycles. The monoisotopic (exact) mass is 243 g/mol. The zero-order valence-electron chi connectivity index (χ0n) is 10.9. The van der Waals surface area contributed by atoms with Crippen molar-refractivity contribution >= 4 is 12.1 Å². The maximum atomic E-state index is 11.9. The van der Waals surface area contributed by atoms with Crippen LogP contribution in [0.5, 0.6) is 0 Å². The van der Waals surface area contributed by atoms with Crippen LogP contribution in [0.15, 0.2) is 0 Å². The number of amides is 1. The van der Waals surface area contributed by atoms with E-state index in [1.165, 1.54) is 4.90 Å². The molecule has 0 saturated carbocycles. The van der Waals surface area contributed by atoms with E-state index >= 15 is 0 Å². The first-order chi connectivity index (χ1) is 7.72. The van der Waals surface area contributed by atoms with Gasteiger partial charge in [0.25, 0.3) is 0 Å². The molecule has 1 aliphatic heterocycles. The predicted octanol–water partition coefficient (Wildman–Crippen LogP) is 2.11. The maximum absolute atomic E-state index is 11.9. The first-order valence-electron chi connectivity index (χ1n) is 5.95. The van der Waals surface area contributed by atoms with E-state index in [1.807, 2.05) is 6.92 Å². The van der Waals surface area contributed by atoms with Crippen LogP contribution in [0.25, 0.3) is 0 Å². The molecule has 1 fully saturated rings. The Hall–Kier alpha value is -1.26. The Labute approximate surface area is 102 Å². The van der Waals surface area contributed by atoms with Crippen LogP contribution in [-0.2, 0) is 9.53 Å². The molecule has 0 aromatic heterocycles. The molecule has 1 aliphatic rings. The number of hydrogen-bond donors (Lipinski definition) is 1. The molecule has 5 heteroatoms. The third-order valence-electron chi connectivity index (χ3n) is 2.81. The number of likely N-dealkylation sites (tertiary alicyclic amines) is 1. The Balaban J connectivity index is 2.79. The lowest BCUT2D eigenvalue weighted by molar-refractivity contribution is -0.146. The van der Waals surface area contributed by atoms with Gasteiger partial charge in [0.15, 0.2) is 0 Å². The lowest BCUT2D eigenvalue weighted by atomic mass is 9.91. The minimum atomic E-state index is -0.956. The molecule has 1 N–H and O–H groups in total. The molecular formula is C12H21NO4. The van der Waals surface area contributed by atoms with Gasteiger partial charge in [0.1, 0.15) is 11.6 Å². The molecule has 0 spiro atoms. The molecule has 1 heterocycles. The molecule has 17 heavy (non-hydrogen) atoms. The van der Waals surface area contributed by atoms with Crippen molar-refractivity contribution in [1.82, 2.24) is 4.90 Å². The first kappa shape index (κ1) is 13.8. The molecule has 2 unspecified atom stereocenters. The minimum absolute atomic E-state index is 0.0335. The smallest absolute Gasteiger partial charge is 0.411 e. The number of carbonyl (C=O) groups is 2. The number of carboxylic acids is 1. The van der Waals surface area contributed by atoms with Crippen molar-refractivity contribution < 1.29 is 19.4 Å². The van der Waals surface area contributed by atoms with Crippen molar-refractivity contribution in [1.29, 1.82) is 0 Å². The summed E-state index contributed by atoms with van der Waals surface area (Å²) in [6, 6.07) is -0.765. The van der Waals surface area contributed by atoms with Crippen LogP contribution in [0.1, 0.15) is 40.5 Å². The highest BCUT2D eigenvalue weighted by molar-refractivity contribution is 5.80. The number of nitrogens with zero attached hydrogens (tertiary/aromatic N) is 1. The normalized spacial score (nSPS) is 25.5. The first-order valence-corrected chi connectivity index (χ1v) is 5.95. The number of rotatable bonds is 1. The summed E-state index contributed by atoms with van der Waals surface area (Å²) < 4.78 is 5.23. The van der Waals surface area contributed by atoms with Crippen molar-refractivity contribution in [3.63, 3.8) is 0 Å². The van der Waals surface area contributed by atoms with Gasteiger partial charge < -0.3 is 9.84 Å². The standard InChI is InChI=1S/C12H21NO4/c1-8-6-5-7-13(9(8)10(14)15)11(16)17-12(2,3)4/h8-9H,5-7H2,1-4H3,(H,14,15). The fourth-order valence-electron chi connectivity index (χ4n) is 2.09. The van der Waals surface area contributed by atoms with E-state index < -0.39 is 23.7 Å². The van der Waals surface area contributed by atoms with Gasteiger partial charge in [-0.25, -0.2) is 9.59 Å². The van der Waals surface area contributed by atoms with Crippen molar-refractivity contribution in [2.75, 3.05) is 6.54 Å². The fourth-order valence-corrected chi connectivity index (χ4v) is 2.09. The van der Waals surface area contributed by atoms with Crippen LogP contribution in [0.3, 0.4) is 0 Å². The third-order valence-corrected chi connectivity index (χ3v) is 2.81. The van der Waals surface area contributed by atoms with Crippen LogP contribution >= 0.6 is 0 Å². The Morgan fingerprint density at radius 1 is 1.35 bits per heavy atom. The van der Waals surface area contributed by atoms with Gasteiger partial charge in [0.2, 0.25) is 0 Å². The molecule has 0 aromatic rings. The molecule has 0 aliphatic carbocycles. The fraction of sp³-hybridized carbons (Fsp3) is 0.833. The molecule has 1 saturated heterocycles. The van der Waals surface area contributed by atoms with Gasteiger partial charge in [-0.1, -0.05) is 6.92 Å². The topological polar surface area (TPSA) is 66.8 Å². The van der Waals surface area contributed by atoms with Gasteiger partial charge in [0.05, 0.1) is 0 Å².